The lowest BCUT2D eigenvalue weighted by Crippen LogP contribution is -2.60. The minimum atomic E-state index is -0.502. The van der Waals surface area contributed by atoms with E-state index in [-0.39, 0.29) is 18.6 Å². The van der Waals surface area contributed by atoms with Crippen molar-refractivity contribution in [2.45, 2.75) is 25.9 Å². The van der Waals surface area contributed by atoms with Crippen LogP contribution in [-0.2, 0) is 4.79 Å². The summed E-state index contributed by atoms with van der Waals surface area (Å²) in [6.45, 7) is 4.45. The first kappa shape index (κ1) is 13.5. The van der Waals surface area contributed by atoms with Crippen LogP contribution in [0.2, 0.25) is 0 Å². The Morgan fingerprint density at radius 2 is 2.28 bits per heavy atom. The molecular formula is C13H17BrN2O2. The molecule has 1 aliphatic heterocycles. The highest BCUT2D eigenvalue weighted by Crippen LogP contribution is 2.24. The molecule has 98 valence electrons. The number of rotatable bonds is 2. The van der Waals surface area contributed by atoms with Crippen molar-refractivity contribution < 1.29 is 9.90 Å². The molecule has 2 atom stereocenters. The lowest BCUT2D eigenvalue weighted by atomic mass is 10.1. The van der Waals surface area contributed by atoms with Gasteiger partial charge in [-0.05, 0) is 37.6 Å². The van der Waals surface area contributed by atoms with Gasteiger partial charge >= 0.3 is 0 Å². The normalized spacial score (nSPS) is 24.4. The topological polar surface area (TPSA) is 52.6 Å². The highest BCUT2D eigenvalue weighted by Gasteiger charge is 2.32. The summed E-state index contributed by atoms with van der Waals surface area (Å²) in [7, 11) is 0. The minimum Gasteiger partial charge on any atom is -0.394 e. The molecule has 1 aromatic carbocycles. The van der Waals surface area contributed by atoms with Crippen LogP contribution in [0.25, 0.3) is 0 Å². The van der Waals surface area contributed by atoms with Crippen LogP contribution in [0.3, 0.4) is 0 Å². The Balaban J connectivity index is 2.30. The molecule has 0 radical (unpaired) electrons. The number of aryl methyl sites for hydroxylation is 1. The van der Waals surface area contributed by atoms with Gasteiger partial charge < -0.3 is 10.0 Å². The molecule has 4 nitrogen and oxygen atoms in total. The maximum absolute atomic E-state index is 12.2. The maximum Gasteiger partial charge on any atom is 0.246 e. The van der Waals surface area contributed by atoms with Crippen LogP contribution in [0.4, 0.5) is 5.69 Å². The number of carbonyl (C=O) groups excluding carboxylic acids is 1. The Labute approximate surface area is 115 Å². The summed E-state index contributed by atoms with van der Waals surface area (Å²) in [4.78, 5) is 13.9. The molecule has 5 heteroatoms. The molecular weight excluding hydrogens is 296 g/mol. The summed E-state index contributed by atoms with van der Waals surface area (Å²) >= 11 is 3.45. The fourth-order valence-corrected chi connectivity index (χ4v) is 2.43. The van der Waals surface area contributed by atoms with Crippen molar-refractivity contribution >= 4 is 27.5 Å². The summed E-state index contributed by atoms with van der Waals surface area (Å²) in [6, 6.07) is 5.51. The number of aliphatic hydroxyl groups excluding tert-OH is 1. The van der Waals surface area contributed by atoms with Crippen molar-refractivity contribution in [1.29, 1.82) is 0 Å². The summed E-state index contributed by atoms with van der Waals surface area (Å²) in [6.07, 6.45) is 0. The quantitative estimate of drug-likeness (QED) is 0.869. The van der Waals surface area contributed by atoms with E-state index >= 15 is 0 Å². The Bertz CT molecular complexity index is 464. The molecule has 1 saturated heterocycles. The number of nitrogens with one attached hydrogen (secondary N) is 1. The van der Waals surface area contributed by atoms with E-state index in [2.05, 4.69) is 21.2 Å². The molecule has 18 heavy (non-hydrogen) atoms. The van der Waals surface area contributed by atoms with Gasteiger partial charge in [-0.1, -0.05) is 15.9 Å². The SMILES string of the molecule is Cc1cc(N2CC(C)NC(CO)C2=O)ccc1Br. The zero-order valence-corrected chi connectivity index (χ0v) is 12.1. The summed E-state index contributed by atoms with van der Waals surface area (Å²) in [5, 5.41) is 12.3. The lowest BCUT2D eigenvalue weighted by Gasteiger charge is -2.36. The number of benzene rings is 1. The molecule has 2 rings (SSSR count). The minimum absolute atomic E-state index is 0.0719. The molecule has 1 amide bonds. The van der Waals surface area contributed by atoms with Crippen LogP contribution < -0.4 is 10.2 Å². The van der Waals surface area contributed by atoms with Gasteiger partial charge in [0.15, 0.2) is 0 Å². The maximum atomic E-state index is 12.2. The first-order valence-electron chi connectivity index (χ1n) is 5.97. The second-order valence-electron chi connectivity index (χ2n) is 4.69. The fourth-order valence-electron chi connectivity index (χ4n) is 2.18. The summed E-state index contributed by atoms with van der Waals surface area (Å²) < 4.78 is 1.03. The van der Waals surface area contributed by atoms with Gasteiger partial charge in [-0.3, -0.25) is 10.1 Å². The van der Waals surface area contributed by atoms with Crippen molar-refractivity contribution in [3.05, 3.63) is 28.2 Å². The third-order valence-electron chi connectivity index (χ3n) is 3.14. The van der Waals surface area contributed by atoms with Gasteiger partial charge in [0.05, 0.1) is 6.61 Å². The Kier molecular flexibility index (Phi) is 4.04. The van der Waals surface area contributed by atoms with E-state index in [4.69, 9.17) is 0 Å². The first-order valence-corrected chi connectivity index (χ1v) is 6.76. The van der Waals surface area contributed by atoms with Crippen LogP contribution >= 0.6 is 15.9 Å². The van der Waals surface area contributed by atoms with E-state index in [1.165, 1.54) is 0 Å². The van der Waals surface area contributed by atoms with Gasteiger partial charge in [0.2, 0.25) is 5.91 Å². The molecule has 1 aliphatic rings. The highest BCUT2D eigenvalue weighted by atomic mass is 79.9. The predicted octanol–water partition coefficient (Wildman–Crippen LogP) is 1.44. The van der Waals surface area contributed by atoms with Crippen molar-refractivity contribution in [2.24, 2.45) is 0 Å². The number of hydrogen-bond donors (Lipinski definition) is 2. The number of anilines is 1. The monoisotopic (exact) mass is 312 g/mol. The zero-order chi connectivity index (χ0) is 13.3. The Morgan fingerprint density at radius 1 is 1.56 bits per heavy atom. The van der Waals surface area contributed by atoms with Gasteiger partial charge in [-0.2, -0.15) is 0 Å². The molecule has 0 bridgehead atoms. The van der Waals surface area contributed by atoms with E-state index in [9.17, 15) is 9.90 Å². The number of halogens is 1. The van der Waals surface area contributed by atoms with E-state index in [0.717, 1.165) is 15.7 Å². The van der Waals surface area contributed by atoms with Gasteiger partial charge in [0, 0.05) is 22.7 Å². The average Bonchev–Trinajstić information content (AvgIpc) is 2.35. The number of amides is 1. The number of carbonyl (C=O) groups is 1. The molecule has 0 aliphatic carbocycles. The number of piperazine rings is 1. The smallest absolute Gasteiger partial charge is 0.246 e. The van der Waals surface area contributed by atoms with Crippen LogP contribution in [0.15, 0.2) is 22.7 Å². The van der Waals surface area contributed by atoms with Crippen LogP contribution in [0.1, 0.15) is 12.5 Å². The highest BCUT2D eigenvalue weighted by molar-refractivity contribution is 9.10. The third-order valence-corrected chi connectivity index (χ3v) is 4.03. The van der Waals surface area contributed by atoms with Gasteiger partial charge in [-0.15, -0.1) is 0 Å². The average molecular weight is 313 g/mol. The molecule has 0 spiro atoms. The molecule has 0 saturated carbocycles. The van der Waals surface area contributed by atoms with Gasteiger partial charge in [0.1, 0.15) is 6.04 Å². The zero-order valence-electron chi connectivity index (χ0n) is 10.5. The molecule has 0 aromatic heterocycles. The third kappa shape index (κ3) is 2.58. The van der Waals surface area contributed by atoms with Crippen molar-refractivity contribution in [2.75, 3.05) is 18.1 Å². The molecule has 2 N–H and O–H groups in total. The largest absolute Gasteiger partial charge is 0.394 e. The van der Waals surface area contributed by atoms with Crippen molar-refractivity contribution in [1.82, 2.24) is 5.32 Å². The first-order chi connectivity index (χ1) is 8.52. The number of nitrogens with zero attached hydrogens (tertiary/aromatic N) is 1. The summed E-state index contributed by atoms with van der Waals surface area (Å²) in [5.41, 5.74) is 1.97. The lowest BCUT2D eigenvalue weighted by molar-refractivity contribution is -0.123. The molecule has 1 aromatic rings. The van der Waals surface area contributed by atoms with Crippen LogP contribution in [-0.4, -0.2) is 36.2 Å². The fraction of sp³-hybridized carbons (Fsp3) is 0.462. The Hall–Kier alpha value is -0.910. The van der Waals surface area contributed by atoms with E-state index in [1.54, 1.807) is 4.90 Å². The van der Waals surface area contributed by atoms with Crippen molar-refractivity contribution in [3.8, 4) is 0 Å². The standard InChI is InChI=1S/C13H17BrN2O2/c1-8-5-10(3-4-11(8)14)16-6-9(2)15-12(7-17)13(16)18/h3-5,9,12,15,17H,6-7H2,1-2H3. The van der Waals surface area contributed by atoms with Crippen LogP contribution in [0, 0.1) is 6.92 Å². The van der Waals surface area contributed by atoms with Crippen molar-refractivity contribution in [3.63, 3.8) is 0 Å². The number of hydrogen-bond acceptors (Lipinski definition) is 3. The predicted molar refractivity (Wildman–Crippen MR) is 74.7 cm³/mol. The second-order valence-corrected chi connectivity index (χ2v) is 5.54. The van der Waals surface area contributed by atoms with Crippen LogP contribution in [0.5, 0.6) is 0 Å². The number of aliphatic hydroxyl groups is 1. The van der Waals surface area contributed by atoms with E-state index < -0.39 is 6.04 Å². The van der Waals surface area contributed by atoms with E-state index in [1.807, 2.05) is 32.0 Å². The van der Waals surface area contributed by atoms with Gasteiger partial charge in [-0.25, -0.2) is 0 Å². The molecule has 1 fully saturated rings. The van der Waals surface area contributed by atoms with E-state index in [0.29, 0.717) is 6.54 Å². The summed E-state index contributed by atoms with van der Waals surface area (Å²) in [5.74, 6) is -0.0719. The molecule has 1 heterocycles. The second kappa shape index (κ2) is 5.38. The van der Waals surface area contributed by atoms with Gasteiger partial charge in [0.25, 0.3) is 0 Å². The Morgan fingerprint density at radius 3 is 2.89 bits per heavy atom. The molecule has 2 unspecified atom stereocenters.